The van der Waals surface area contributed by atoms with Crippen molar-refractivity contribution < 1.29 is 8.42 Å². The van der Waals surface area contributed by atoms with E-state index in [1.165, 1.54) is 4.31 Å². The van der Waals surface area contributed by atoms with Gasteiger partial charge in [0.1, 0.15) is 4.90 Å². The van der Waals surface area contributed by atoms with Crippen LogP contribution in [0.3, 0.4) is 0 Å². The Labute approximate surface area is 109 Å². The fourth-order valence-electron chi connectivity index (χ4n) is 1.97. The molecule has 0 saturated carbocycles. The maximum Gasteiger partial charge on any atom is 0.244 e. The Morgan fingerprint density at radius 1 is 1.39 bits per heavy atom. The first kappa shape index (κ1) is 15.1. The molecule has 1 heterocycles. The largest absolute Gasteiger partial charge is 0.325 e. The number of aromatic nitrogens is 1. The molecule has 1 aromatic rings. The van der Waals surface area contributed by atoms with Crippen LogP contribution < -0.4 is 5.73 Å². The highest BCUT2D eigenvalue weighted by Gasteiger charge is 2.28. The lowest BCUT2D eigenvalue weighted by Crippen LogP contribution is -2.37. The van der Waals surface area contributed by atoms with Gasteiger partial charge in [-0.05, 0) is 25.0 Å². The van der Waals surface area contributed by atoms with Crippen LogP contribution in [0.4, 0.5) is 0 Å². The minimum atomic E-state index is -3.51. The third-order valence-corrected chi connectivity index (χ3v) is 5.14. The Morgan fingerprint density at radius 3 is 2.50 bits per heavy atom. The zero-order chi connectivity index (χ0) is 13.8. The number of hydrogen-bond donors (Lipinski definition) is 1. The topological polar surface area (TPSA) is 76.3 Å². The average Bonchev–Trinajstić information content (AvgIpc) is 2.39. The predicted molar refractivity (Wildman–Crippen MR) is 71.4 cm³/mol. The SMILES string of the molecule is CCC(CC)N(C)S(=O)(=O)c1cccnc1CN. The second-order valence-corrected chi connectivity index (χ2v) is 6.11. The van der Waals surface area contributed by atoms with Gasteiger partial charge < -0.3 is 5.73 Å². The van der Waals surface area contributed by atoms with Crippen molar-refractivity contribution >= 4 is 10.0 Å². The summed E-state index contributed by atoms with van der Waals surface area (Å²) < 4.78 is 26.4. The maximum absolute atomic E-state index is 12.5. The van der Waals surface area contributed by atoms with Gasteiger partial charge in [-0.2, -0.15) is 4.31 Å². The van der Waals surface area contributed by atoms with Crippen LogP contribution in [0.5, 0.6) is 0 Å². The van der Waals surface area contributed by atoms with Crippen molar-refractivity contribution in [1.82, 2.24) is 9.29 Å². The molecule has 2 N–H and O–H groups in total. The van der Waals surface area contributed by atoms with Crippen molar-refractivity contribution in [1.29, 1.82) is 0 Å². The van der Waals surface area contributed by atoms with Crippen molar-refractivity contribution in [3.05, 3.63) is 24.0 Å². The van der Waals surface area contributed by atoms with Crippen LogP contribution >= 0.6 is 0 Å². The molecule has 0 aliphatic carbocycles. The maximum atomic E-state index is 12.5. The molecule has 0 bridgehead atoms. The summed E-state index contributed by atoms with van der Waals surface area (Å²) in [6, 6.07) is 3.18. The third kappa shape index (κ3) is 2.88. The molecule has 0 aliphatic rings. The number of hydrogen-bond acceptors (Lipinski definition) is 4. The molecule has 1 aromatic heterocycles. The summed E-state index contributed by atoms with van der Waals surface area (Å²) in [5, 5.41) is 0. The van der Waals surface area contributed by atoms with Crippen molar-refractivity contribution in [3.63, 3.8) is 0 Å². The van der Waals surface area contributed by atoms with E-state index in [4.69, 9.17) is 5.73 Å². The van der Waals surface area contributed by atoms with Crippen LogP contribution in [0, 0.1) is 0 Å². The second-order valence-electron chi connectivity index (χ2n) is 4.14. The Balaban J connectivity index is 3.21. The van der Waals surface area contributed by atoms with Gasteiger partial charge in [-0.15, -0.1) is 0 Å². The summed E-state index contributed by atoms with van der Waals surface area (Å²) in [5.74, 6) is 0. The molecule has 0 aromatic carbocycles. The van der Waals surface area contributed by atoms with E-state index in [1.807, 2.05) is 13.8 Å². The molecule has 6 heteroatoms. The van der Waals surface area contributed by atoms with Crippen LogP contribution in [0.1, 0.15) is 32.4 Å². The highest BCUT2D eigenvalue weighted by atomic mass is 32.2. The van der Waals surface area contributed by atoms with E-state index in [0.717, 1.165) is 12.8 Å². The summed E-state index contributed by atoms with van der Waals surface area (Å²) in [4.78, 5) is 4.24. The number of sulfonamides is 1. The number of nitrogens with zero attached hydrogens (tertiary/aromatic N) is 2. The van der Waals surface area contributed by atoms with Gasteiger partial charge in [-0.1, -0.05) is 13.8 Å². The Kier molecular flexibility index (Phi) is 5.25. The molecule has 0 spiro atoms. The van der Waals surface area contributed by atoms with Gasteiger partial charge in [-0.3, -0.25) is 4.98 Å². The van der Waals surface area contributed by atoms with Gasteiger partial charge >= 0.3 is 0 Å². The number of nitrogens with two attached hydrogens (primary N) is 1. The molecule has 1 rings (SSSR count). The van der Waals surface area contributed by atoms with E-state index >= 15 is 0 Å². The summed E-state index contributed by atoms with van der Waals surface area (Å²) in [7, 11) is -1.90. The normalized spacial score (nSPS) is 12.3. The Bertz CT molecular complexity index is 484. The van der Waals surface area contributed by atoms with Crippen LogP contribution in [-0.2, 0) is 16.6 Å². The first-order chi connectivity index (χ1) is 8.48. The molecule has 0 aliphatic heterocycles. The van der Waals surface area contributed by atoms with Crippen molar-refractivity contribution in [3.8, 4) is 0 Å². The van der Waals surface area contributed by atoms with Gasteiger partial charge in [-0.25, -0.2) is 8.42 Å². The minimum absolute atomic E-state index is 0.000769. The van der Waals surface area contributed by atoms with Crippen LogP contribution in [-0.4, -0.2) is 30.8 Å². The summed E-state index contributed by atoms with van der Waals surface area (Å²) in [6.45, 7) is 4.08. The Hall–Kier alpha value is -0.980. The van der Waals surface area contributed by atoms with Crippen LogP contribution in [0.15, 0.2) is 23.2 Å². The molecule has 0 fully saturated rings. The van der Waals surface area contributed by atoms with Crippen molar-refractivity contribution in [2.45, 2.75) is 44.2 Å². The van der Waals surface area contributed by atoms with Gasteiger partial charge in [0.25, 0.3) is 0 Å². The van der Waals surface area contributed by atoms with E-state index in [0.29, 0.717) is 5.69 Å². The minimum Gasteiger partial charge on any atom is -0.325 e. The van der Waals surface area contributed by atoms with Gasteiger partial charge in [0.05, 0.1) is 5.69 Å². The standard InChI is InChI=1S/C12H21N3O2S/c1-4-10(5-2)15(3)18(16,17)12-7-6-8-14-11(12)9-13/h6-8,10H,4-5,9,13H2,1-3H3. The predicted octanol–water partition coefficient (Wildman–Crippen LogP) is 1.35. The highest BCUT2D eigenvalue weighted by molar-refractivity contribution is 7.89. The van der Waals surface area contributed by atoms with Crippen molar-refractivity contribution in [2.24, 2.45) is 5.73 Å². The molecule has 0 unspecified atom stereocenters. The second kappa shape index (κ2) is 6.26. The molecule has 0 amide bonds. The van der Waals surface area contributed by atoms with Gasteiger partial charge in [0.2, 0.25) is 10.0 Å². The third-order valence-electron chi connectivity index (χ3n) is 3.16. The summed E-state index contributed by atoms with van der Waals surface area (Å²) in [5.41, 5.74) is 5.96. The lowest BCUT2D eigenvalue weighted by Gasteiger charge is -2.26. The Morgan fingerprint density at radius 2 is 2.00 bits per heavy atom. The molecule has 0 atom stereocenters. The fraction of sp³-hybridized carbons (Fsp3) is 0.583. The van der Waals surface area contributed by atoms with Crippen LogP contribution in [0.25, 0.3) is 0 Å². The zero-order valence-corrected chi connectivity index (χ0v) is 11.9. The van der Waals surface area contributed by atoms with Crippen molar-refractivity contribution in [2.75, 3.05) is 7.05 Å². The first-order valence-corrected chi connectivity index (χ1v) is 7.55. The molecular formula is C12H21N3O2S. The lowest BCUT2D eigenvalue weighted by molar-refractivity contribution is 0.349. The highest BCUT2D eigenvalue weighted by Crippen LogP contribution is 2.21. The average molecular weight is 271 g/mol. The molecule has 18 heavy (non-hydrogen) atoms. The van der Waals surface area contributed by atoms with E-state index in [2.05, 4.69) is 4.98 Å². The van der Waals surface area contributed by atoms with Gasteiger partial charge in [0, 0.05) is 25.8 Å². The molecule has 0 radical (unpaired) electrons. The van der Waals surface area contributed by atoms with E-state index < -0.39 is 10.0 Å². The molecule has 0 saturated heterocycles. The summed E-state index contributed by atoms with van der Waals surface area (Å²) >= 11 is 0. The summed E-state index contributed by atoms with van der Waals surface area (Å²) in [6.07, 6.45) is 3.12. The lowest BCUT2D eigenvalue weighted by atomic mass is 10.2. The molecular weight excluding hydrogens is 250 g/mol. The quantitative estimate of drug-likeness (QED) is 0.847. The number of pyridine rings is 1. The first-order valence-electron chi connectivity index (χ1n) is 6.11. The monoisotopic (exact) mass is 271 g/mol. The molecule has 5 nitrogen and oxygen atoms in total. The van der Waals surface area contributed by atoms with E-state index in [-0.39, 0.29) is 17.5 Å². The van der Waals surface area contributed by atoms with Crippen LogP contribution in [0.2, 0.25) is 0 Å². The molecule has 102 valence electrons. The van der Waals surface area contributed by atoms with Gasteiger partial charge in [0.15, 0.2) is 0 Å². The van der Waals surface area contributed by atoms with E-state index in [1.54, 1.807) is 25.4 Å². The zero-order valence-electron chi connectivity index (χ0n) is 11.1. The fourth-order valence-corrected chi connectivity index (χ4v) is 3.65. The number of rotatable bonds is 6. The van der Waals surface area contributed by atoms with E-state index in [9.17, 15) is 8.42 Å². The smallest absolute Gasteiger partial charge is 0.244 e.